The molecule has 0 N–H and O–H groups in total. The number of aromatic nitrogens is 3. The zero-order valence-electron chi connectivity index (χ0n) is 14.1. The predicted molar refractivity (Wildman–Crippen MR) is 95.9 cm³/mol. The van der Waals surface area contributed by atoms with Gasteiger partial charge in [-0.2, -0.15) is 0 Å². The van der Waals surface area contributed by atoms with Crippen LogP contribution in [0, 0.1) is 18.6 Å². The van der Waals surface area contributed by atoms with E-state index in [4.69, 9.17) is 8.94 Å². The molecule has 8 heteroatoms. The number of benzene rings is 2. The van der Waals surface area contributed by atoms with Crippen molar-refractivity contribution in [2.45, 2.75) is 17.6 Å². The van der Waals surface area contributed by atoms with Gasteiger partial charge in [-0.25, -0.2) is 8.78 Å². The average molecular weight is 385 g/mol. The van der Waals surface area contributed by atoms with Crippen molar-refractivity contribution in [2.24, 2.45) is 0 Å². The molecule has 0 saturated heterocycles. The normalized spacial score (nSPS) is 11.1. The largest absolute Gasteiger partial charge is 0.420 e. The van der Waals surface area contributed by atoms with Crippen LogP contribution in [0.15, 0.2) is 62.4 Å². The van der Waals surface area contributed by atoms with Gasteiger partial charge in [0.05, 0.1) is 5.75 Å². The van der Waals surface area contributed by atoms with Crippen LogP contribution in [-0.4, -0.2) is 15.4 Å². The Morgan fingerprint density at radius 1 is 1.00 bits per heavy atom. The lowest BCUT2D eigenvalue weighted by Gasteiger charge is -2.00. The maximum absolute atomic E-state index is 13.3. The van der Waals surface area contributed by atoms with E-state index < -0.39 is 11.6 Å². The summed E-state index contributed by atoms with van der Waals surface area (Å²) in [7, 11) is 0. The summed E-state index contributed by atoms with van der Waals surface area (Å²) in [6.45, 7) is 1.77. The van der Waals surface area contributed by atoms with Gasteiger partial charge in [-0.3, -0.25) is 0 Å². The maximum Gasteiger partial charge on any atom is 0.253 e. The molecular weight excluding hydrogens is 372 g/mol. The van der Waals surface area contributed by atoms with Crippen molar-refractivity contribution in [3.63, 3.8) is 0 Å². The maximum atomic E-state index is 13.3. The first-order chi connectivity index (χ1) is 13.1. The highest BCUT2D eigenvalue weighted by Gasteiger charge is 2.21. The smallest absolute Gasteiger partial charge is 0.253 e. The number of halogens is 2. The minimum Gasteiger partial charge on any atom is -0.420 e. The monoisotopic (exact) mass is 385 g/mol. The average Bonchev–Trinajstić information content (AvgIpc) is 3.29. The second-order valence-corrected chi connectivity index (χ2v) is 6.74. The second-order valence-electron chi connectivity index (χ2n) is 5.69. The summed E-state index contributed by atoms with van der Waals surface area (Å²) in [6, 6.07) is 13.3. The molecule has 0 aliphatic rings. The minimum absolute atomic E-state index is 0.300. The lowest BCUT2D eigenvalue weighted by Crippen LogP contribution is -1.85. The Morgan fingerprint density at radius 2 is 1.81 bits per heavy atom. The van der Waals surface area contributed by atoms with Crippen LogP contribution in [0.1, 0.15) is 11.7 Å². The van der Waals surface area contributed by atoms with E-state index in [0.29, 0.717) is 39.4 Å². The van der Waals surface area contributed by atoms with Crippen LogP contribution < -0.4 is 0 Å². The third-order valence-corrected chi connectivity index (χ3v) is 4.82. The Morgan fingerprint density at radius 3 is 2.59 bits per heavy atom. The van der Waals surface area contributed by atoms with E-state index in [1.165, 1.54) is 17.8 Å². The topological polar surface area (TPSA) is 65.0 Å². The molecule has 0 atom stereocenters. The van der Waals surface area contributed by atoms with Crippen molar-refractivity contribution in [2.75, 3.05) is 0 Å². The Bertz CT molecular complexity index is 1080. The Kier molecular flexibility index (Phi) is 4.72. The molecule has 2 heterocycles. The molecular formula is C19H13F2N3O2S. The lowest BCUT2D eigenvalue weighted by molar-refractivity contribution is 0.399. The van der Waals surface area contributed by atoms with Gasteiger partial charge in [0.25, 0.3) is 5.89 Å². The van der Waals surface area contributed by atoms with Crippen molar-refractivity contribution in [1.82, 2.24) is 15.4 Å². The summed E-state index contributed by atoms with van der Waals surface area (Å²) < 4.78 is 37.3. The number of aryl methyl sites for hydroxylation is 1. The number of hydrogen-bond donors (Lipinski definition) is 0. The summed E-state index contributed by atoms with van der Waals surface area (Å²) in [5.41, 5.74) is 2.13. The van der Waals surface area contributed by atoms with Crippen molar-refractivity contribution in [1.29, 1.82) is 0 Å². The molecule has 0 aliphatic carbocycles. The molecule has 0 fully saturated rings. The summed E-state index contributed by atoms with van der Waals surface area (Å²) in [5, 5.41) is 12.2. The van der Waals surface area contributed by atoms with E-state index in [9.17, 15) is 8.78 Å². The van der Waals surface area contributed by atoms with Crippen molar-refractivity contribution < 1.29 is 17.7 Å². The van der Waals surface area contributed by atoms with Crippen LogP contribution in [0.25, 0.3) is 22.7 Å². The Hall–Kier alpha value is -3.00. The van der Waals surface area contributed by atoms with E-state index in [1.54, 1.807) is 6.92 Å². The Balaban J connectivity index is 1.56. The van der Waals surface area contributed by atoms with Gasteiger partial charge in [0.2, 0.25) is 5.89 Å². The fourth-order valence-electron chi connectivity index (χ4n) is 2.54. The molecule has 2 aromatic heterocycles. The molecule has 0 spiro atoms. The van der Waals surface area contributed by atoms with Gasteiger partial charge in [0, 0.05) is 10.5 Å². The molecule has 27 heavy (non-hydrogen) atoms. The van der Waals surface area contributed by atoms with Gasteiger partial charge in [-0.15, -0.1) is 22.0 Å². The lowest BCUT2D eigenvalue weighted by atomic mass is 10.1. The van der Waals surface area contributed by atoms with Gasteiger partial charge >= 0.3 is 0 Å². The molecule has 136 valence electrons. The fraction of sp³-hybridized carbons (Fsp3) is 0.105. The molecule has 4 aromatic rings. The van der Waals surface area contributed by atoms with Gasteiger partial charge in [0.15, 0.2) is 11.6 Å². The van der Waals surface area contributed by atoms with E-state index >= 15 is 0 Å². The van der Waals surface area contributed by atoms with Crippen LogP contribution in [-0.2, 0) is 5.75 Å². The van der Waals surface area contributed by atoms with E-state index in [0.717, 1.165) is 17.7 Å². The van der Waals surface area contributed by atoms with Gasteiger partial charge < -0.3 is 8.94 Å². The molecule has 4 rings (SSSR count). The fourth-order valence-corrected chi connectivity index (χ4v) is 3.30. The Labute approximate surface area is 157 Å². The third kappa shape index (κ3) is 3.61. The van der Waals surface area contributed by atoms with Crippen LogP contribution in [0.3, 0.4) is 0 Å². The second kappa shape index (κ2) is 7.32. The number of hydrogen-bond acceptors (Lipinski definition) is 6. The summed E-state index contributed by atoms with van der Waals surface area (Å²) in [5.74, 6) is -0.219. The van der Waals surface area contributed by atoms with Crippen LogP contribution >= 0.6 is 11.8 Å². The minimum atomic E-state index is -0.890. The summed E-state index contributed by atoms with van der Waals surface area (Å²) in [6.07, 6.45) is 0. The van der Waals surface area contributed by atoms with E-state index in [1.807, 2.05) is 30.3 Å². The zero-order valence-corrected chi connectivity index (χ0v) is 15.0. The SMILES string of the molecule is Cc1onc(-c2ccccc2)c1-c1nnc(CSc2ccc(F)c(F)c2)o1. The molecule has 0 radical (unpaired) electrons. The quantitative estimate of drug-likeness (QED) is 0.436. The predicted octanol–water partition coefficient (Wildman–Crippen LogP) is 5.27. The van der Waals surface area contributed by atoms with E-state index in [2.05, 4.69) is 15.4 Å². The number of thioether (sulfide) groups is 1. The van der Waals surface area contributed by atoms with Gasteiger partial charge in [0.1, 0.15) is 17.0 Å². The molecule has 0 unspecified atom stereocenters. The van der Waals surface area contributed by atoms with Gasteiger partial charge in [-0.05, 0) is 25.1 Å². The number of rotatable bonds is 5. The van der Waals surface area contributed by atoms with Crippen molar-refractivity contribution >= 4 is 11.8 Å². The van der Waals surface area contributed by atoms with Crippen LogP contribution in [0.4, 0.5) is 8.78 Å². The molecule has 0 bridgehead atoms. The first-order valence-corrected chi connectivity index (χ1v) is 9.02. The number of nitrogens with zero attached hydrogens (tertiary/aromatic N) is 3. The molecule has 5 nitrogen and oxygen atoms in total. The van der Waals surface area contributed by atoms with Crippen LogP contribution in [0.5, 0.6) is 0 Å². The van der Waals surface area contributed by atoms with E-state index in [-0.39, 0.29) is 0 Å². The molecule has 2 aromatic carbocycles. The molecule has 0 amide bonds. The summed E-state index contributed by atoms with van der Waals surface area (Å²) >= 11 is 1.27. The highest BCUT2D eigenvalue weighted by molar-refractivity contribution is 7.98. The first-order valence-electron chi connectivity index (χ1n) is 8.04. The molecule has 0 saturated carbocycles. The highest BCUT2D eigenvalue weighted by Crippen LogP contribution is 2.34. The van der Waals surface area contributed by atoms with Crippen molar-refractivity contribution in [3.8, 4) is 22.7 Å². The standard InChI is InChI=1S/C19H13F2N3O2S/c1-11-17(18(24-26-11)12-5-3-2-4-6-12)19-23-22-16(25-19)10-27-13-7-8-14(20)15(21)9-13/h2-9H,10H2,1H3. The highest BCUT2D eigenvalue weighted by atomic mass is 32.2. The van der Waals surface area contributed by atoms with Crippen LogP contribution in [0.2, 0.25) is 0 Å². The van der Waals surface area contributed by atoms with Crippen molar-refractivity contribution in [3.05, 3.63) is 71.8 Å². The summed E-state index contributed by atoms with van der Waals surface area (Å²) in [4.78, 5) is 0.569. The zero-order chi connectivity index (χ0) is 18.8. The van der Waals surface area contributed by atoms with Gasteiger partial charge in [-0.1, -0.05) is 35.5 Å². The first kappa shape index (κ1) is 17.4. The molecule has 0 aliphatic heterocycles. The third-order valence-electron chi connectivity index (χ3n) is 3.84.